The summed E-state index contributed by atoms with van der Waals surface area (Å²) in [5, 5.41) is 2.70. The minimum absolute atomic E-state index is 0.0812. The van der Waals surface area contributed by atoms with Crippen LogP contribution in [0.2, 0.25) is 0 Å². The fourth-order valence-electron chi connectivity index (χ4n) is 0.611. The van der Waals surface area contributed by atoms with Crippen LogP contribution in [0.1, 0.15) is 13.8 Å². The van der Waals surface area contributed by atoms with E-state index < -0.39 is 0 Å². The lowest BCUT2D eigenvalue weighted by atomic mass is 10.5. The van der Waals surface area contributed by atoms with Gasteiger partial charge in [-0.25, -0.2) is 4.79 Å². The normalized spacial score (nSPS) is 10.1. The quantitative estimate of drug-likeness (QED) is 0.637. The van der Waals surface area contributed by atoms with Gasteiger partial charge < -0.3 is 15.0 Å². The molecular formula is C8H18N2O2. The van der Waals surface area contributed by atoms with E-state index in [-0.39, 0.29) is 12.1 Å². The van der Waals surface area contributed by atoms with Gasteiger partial charge in [0.2, 0.25) is 0 Å². The molecule has 0 aliphatic heterocycles. The average molecular weight is 174 g/mol. The van der Waals surface area contributed by atoms with Crippen molar-refractivity contribution in [1.29, 1.82) is 0 Å². The van der Waals surface area contributed by atoms with Gasteiger partial charge >= 0.3 is 6.03 Å². The van der Waals surface area contributed by atoms with E-state index in [0.717, 1.165) is 0 Å². The molecule has 0 unspecified atom stereocenters. The Morgan fingerprint density at radius 2 is 2.08 bits per heavy atom. The summed E-state index contributed by atoms with van der Waals surface area (Å²) in [7, 11) is 3.41. The topological polar surface area (TPSA) is 41.6 Å². The Kier molecular flexibility index (Phi) is 5.45. The molecule has 0 spiro atoms. The van der Waals surface area contributed by atoms with Gasteiger partial charge in [0.05, 0.1) is 12.7 Å². The zero-order chi connectivity index (χ0) is 9.56. The number of rotatable bonds is 4. The molecule has 0 aromatic rings. The third-order valence-corrected chi connectivity index (χ3v) is 1.24. The van der Waals surface area contributed by atoms with Crippen LogP contribution in [-0.2, 0) is 4.74 Å². The largest absolute Gasteiger partial charge is 0.377 e. The van der Waals surface area contributed by atoms with Crippen LogP contribution >= 0.6 is 0 Å². The van der Waals surface area contributed by atoms with Crippen molar-refractivity contribution in [2.75, 3.05) is 27.2 Å². The number of hydrogen-bond acceptors (Lipinski definition) is 2. The molecule has 0 saturated heterocycles. The Morgan fingerprint density at radius 1 is 1.50 bits per heavy atom. The highest BCUT2D eigenvalue weighted by Crippen LogP contribution is 1.85. The zero-order valence-electron chi connectivity index (χ0n) is 8.26. The highest BCUT2D eigenvalue weighted by molar-refractivity contribution is 5.73. The van der Waals surface area contributed by atoms with Gasteiger partial charge in [-0.1, -0.05) is 0 Å². The van der Waals surface area contributed by atoms with Crippen molar-refractivity contribution in [2.24, 2.45) is 0 Å². The summed E-state index contributed by atoms with van der Waals surface area (Å²) in [6.07, 6.45) is 0.223. The summed E-state index contributed by atoms with van der Waals surface area (Å²) in [5.74, 6) is 0. The number of ether oxygens (including phenoxy) is 1. The van der Waals surface area contributed by atoms with Crippen molar-refractivity contribution >= 4 is 6.03 Å². The van der Waals surface area contributed by atoms with Crippen molar-refractivity contribution in [1.82, 2.24) is 10.2 Å². The summed E-state index contributed by atoms with van der Waals surface area (Å²) >= 11 is 0. The van der Waals surface area contributed by atoms with Crippen molar-refractivity contribution in [3.05, 3.63) is 0 Å². The van der Waals surface area contributed by atoms with Gasteiger partial charge in [-0.05, 0) is 13.8 Å². The van der Waals surface area contributed by atoms with E-state index in [1.54, 1.807) is 14.1 Å². The summed E-state index contributed by atoms with van der Waals surface area (Å²) < 4.78 is 5.24. The van der Waals surface area contributed by atoms with Gasteiger partial charge in [-0.2, -0.15) is 0 Å². The standard InChI is InChI=1S/C8H18N2O2/c1-7(2)12-6-5-9-8(11)10(3)4/h7H,5-6H2,1-4H3,(H,9,11). The number of nitrogens with one attached hydrogen (secondary N) is 1. The third-order valence-electron chi connectivity index (χ3n) is 1.24. The smallest absolute Gasteiger partial charge is 0.316 e. The second-order valence-electron chi connectivity index (χ2n) is 3.05. The lowest BCUT2D eigenvalue weighted by Crippen LogP contribution is -2.36. The highest BCUT2D eigenvalue weighted by atomic mass is 16.5. The summed E-state index contributed by atoms with van der Waals surface area (Å²) in [6.45, 7) is 5.06. The van der Waals surface area contributed by atoms with Gasteiger partial charge in [0, 0.05) is 20.6 Å². The van der Waals surface area contributed by atoms with Gasteiger partial charge in [0.25, 0.3) is 0 Å². The first-order chi connectivity index (χ1) is 5.54. The SMILES string of the molecule is CC(C)OCCNC(=O)N(C)C. The Bertz CT molecular complexity index is 135. The minimum atomic E-state index is -0.0812. The summed E-state index contributed by atoms with van der Waals surface area (Å²) in [6, 6.07) is -0.0812. The van der Waals surface area contributed by atoms with Gasteiger partial charge in [0.15, 0.2) is 0 Å². The molecule has 0 heterocycles. The van der Waals surface area contributed by atoms with Crippen LogP contribution in [0.3, 0.4) is 0 Å². The molecule has 4 nitrogen and oxygen atoms in total. The molecule has 0 rings (SSSR count). The minimum Gasteiger partial charge on any atom is -0.377 e. The molecule has 1 N–H and O–H groups in total. The second kappa shape index (κ2) is 5.83. The second-order valence-corrected chi connectivity index (χ2v) is 3.05. The molecule has 0 bridgehead atoms. The fourth-order valence-corrected chi connectivity index (χ4v) is 0.611. The number of carbonyl (C=O) groups is 1. The van der Waals surface area contributed by atoms with E-state index >= 15 is 0 Å². The molecule has 0 radical (unpaired) electrons. The maximum atomic E-state index is 10.9. The molecule has 12 heavy (non-hydrogen) atoms. The molecule has 0 aromatic heterocycles. The molecule has 4 heteroatoms. The van der Waals surface area contributed by atoms with E-state index in [1.807, 2.05) is 13.8 Å². The van der Waals surface area contributed by atoms with E-state index in [9.17, 15) is 4.79 Å². The van der Waals surface area contributed by atoms with E-state index in [0.29, 0.717) is 13.2 Å². The van der Waals surface area contributed by atoms with Crippen molar-refractivity contribution in [2.45, 2.75) is 20.0 Å². The van der Waals surface area contributed by atoms with Crippen LogP contribution < -0.4 is 5.32 Å². The average Bonchev–Trinajstić information content (AvgIpc) is 1.97. The predicted octanol–water partition coefficient (Wildman–Crippen LogP) is 0.683. The maximum absolute atomic E-state index is 10.9. The Morgan fingerprint density at radius 3 is 2.50 bits per heavy atom. The summed E-state index contributed by atoms with van der Waals surface area (Å²) in [5.41, 5.74) is 0. The van der Waals surface area contributed by atoms with Gasteiger partial charge in [0.1, 0.15) is 0 Å². The molecule has 0 aliphatic rings. The molecule has 0 aliphatic carbocycles. The summed E-state index contributed by atoms with van der Waals surface area (Å²) in [4.78, 5) is 12.4. The molecular weight excluding hydrogens is 156 g/mol. The Balaban J connectivity index is 3.26. The van der Waals surface area contributed by atoms with Gasteiger partial charge in [-0.15, -0.1) is 0 Å². The number of carbonyl (C=O) groups excluding carboxylic acids is 1. The fraction of sp³-hybridized carbons (Fsp3) is 0.875. The predicted molar refractivity (Wildman–Crippen MR) is 48.2 cm³/mol. The number of hydrogen-bond donors (Lipinski definition) is 1. The van der Waals surface area contributed by atoms with Crippen LogP contribution in [-0.4, -0.2) is 44.3 Å². The molecule has 0 saturated carbocycles. The highest BCUT2D eigenvalue weighted by Gasteiger charge is 2.00. The first kappa shape index (κ1) is 11.2. The third kappa shape index (κ3) is 5.97. The number of amides is 2. The van der Waals surface area contributed by atoms with Crippen molar-refractivity contribution in [3.8, 4) is 0 Å². The van der Waals surface area contributed by atoms with Crippen LogP contribution in [0.15, 0.2) is 0 Å². The zero-order valence-corrected chi connectivity index (χ0v) is 8.26. The van der Waals surface area contributed by atoms with E-state index in [1.165, 1.54) is 4.90 Å². The molecule has 72 valence electrons. The molecule has 0 aromatic carbocycles. The Labute approximate surface area is 73.9 Å². The van der Waals surface area contributed by atoms with Crippen molar-refractivity contribution < 1.29 is 9.53 Å². The van der Waals surface area contributed by atoms with Crippen LogP contribution in [0.5, 0.6) is 0 Å². The van der Waals surface area contributed by atoms with E-state index in [2.05, 4.69) is 5.32 Å². The lowest BCUT2D eigenvalue weighted by Gasteiger charge is -2.12. The van der Waals surface area contributed by atoms with Crippen LogP contribution in [0, 0.1) is 0 Å². The van der Waals surface area contributed by atoms with Crippen molar-refractivity contribution in [3.63, 3.8) is 0 Å². The molecule has 0 fully saturated rings. The Hall–Kier alpha value is -0.770. The monoisotopic (exact) mass is 174 g/mol. The number of nitrogens with zero attached hydrogens (tertiary/aromatic N) is 1. The lowest BCUT2D eigenvalue weighted by molar-refractivity contribution is 0.0811. The van der Waals surface area contributed by atoms with E-state index in [4.69, 9.17) is 4.74 Å². The molecule has 0 atom stereocenters. The number of urea groups is 1. The maximum Gasteiger partial charge on any atom is 0.316 e. The first-order valence-electron chi connectivity index (χ1n) is 4.10. The van der Waals surface area contributed by atoms with Crippen LogP contribution in [0.25, 0.3) is 0 Å². The van der Waals surface area contributed by atoms with Crippen LogP contribution in [0.4, 0.5) is 4.79 Å². The van der Waals surface area contributed by atoms with Gasteiger partial charge in [-0.3, -0.25) is 0 Å². The first-order valence-corrected chi connectivity index (χ1v) is 4.10. The molecule has 2 amide bonds.